The molecule has 35 heteroatoms. The van der Waals surface area contributed by atoms with Crippen LogP contribution in [0.3, 0.4) is 0 Å². The zero-order valence-electron chi connectivity index (χ0n) is 59.3. The molecule has 3 saturated heterocycles. The predicted octanol–water partition coefficient (Wildman–Crippen LogP) is 14.4. The Bertz CT molecular complexity index is 5560. The second-order valence-corrected chi connectivity index (χ2v) is 28.8. The molecule has 9 heterocycles. The van der Waals surface area contributed by atoms with Gasteiger partial charge in [0.2, 0.25) is 0 Å². The number of hydrogen-bond acceptors (Lipinski definition) is 24. The van der Waals surface area contributed by atoms with Gasteiger partial charge in [0.05, 0.1) is 71.6 Å². The van der Waals surface area contributed by atoms with Gasteiger partial charge in [-0.25, -0.2) is 50.5 Å². The highest BCUT2D eigenvalue weighted by Crippen LogP contribution is 2.45. The molecule has 16 rings (SSSR count). The number of nitrogens with zero attached hydrogens (tertiary/aromatic N) is 9. The Balaban J connectivity index is 0.000000151. The van der Waals surface area contributed by atoms with Gasteiger partial charge in [0.1, 0.15) is 102 Å². The molecule has 0 amide bonds. The van der Waals surface area contributed by atoms with E-state index in [9.17, 15) is 45.3 Å². The largest absolute Gasteiger partial charge is 0.451 e. The van der Waals surface area contributed by atoms with Gasteiger partial charge < -0.3 is 73.1 Å². The molecule has 9 N–H and O–H groups in total. The molecule has 3 aliphatic heterocycles. The first-order valence-electron chi connectivity index (χ1n) is 34.6. The lowest BCUT2D eigenvalue weighted by Crippen LogP contribution is -2.36. The van der Waals surface area contributed by atoms with E-state index in [0.717, 1.165) is 22.3 Å². The van der Waals surface area contributed by atoms with E-state index < -0.39 is 104 Å². The molecule has 6 aromatic heterocycles. The number of anilines is 2. The van der Waals surface area contributed by atoms with Crippen LogP contribution in [-0.4, -0.2) is 160 Å². The van der Waals surface area contributed by atoms with Crippen LogP contribution in [0, 0.1) is 0 Å². The van der Waals surface area contributed by atoms with E-state index in [1.165, 1.54) is 51.4 Å². The summed E-state index contributed by atoms with van der Waals surface area (Å²) in [5.74, 6) is -0.451. The number of carbonyl (C=O) groups excluding carboxylic acids is 2. The minimum Gasteiger partial charge on any atom is -0.451 e. The topological polar surface area (TPSA) is 357 Å². The number of aliphatic hydroxyl groups excluding tert-OH is 7. The Morgan fingerprint density at radius 1 is 0.395 bits per heavy atom. The normalized spacial score (nSPS) is 21.9. The highest BCUT2D eigenvalue weighted by atomic mass is 35.5. The molecule has 114 heavy (non-hydrogen) atoms. The number of esters is 2. The molecule has 3 fully saturated rings. The van der Waals surface area contributed by atoms with Gasteiger partial charge in [-0.3, -0.25) is 9.68 Å². The van der Waals surface area contributed by atoms with Gasteiger partial charge in [-0.2, -0.15) is 0 Å². The van der Waals surface area contributed by atoms with Crippen LogP contribution < -0.4 is 11.0 Å². The van der Waals surface area contributed by atoms with Crippen molar-refractivity contribution in [3.8, 4) is 22.3 Å². The molecule has 0 unspecified atom stereocenters. The number of nitrogens with one attached hydrogen (secondary N) is 2. The minimum atomic E-state index is -1.45. The van der Waals surface area contributed by atoms with Gasteiger partial charge in [0.15, 0.2) is 42.5 Å². The smallest absolute Gasteiger partial charge is 0.338 e. The Morgan fingerprint density at radius 3 is 1.11 bits per heavy atom. The molecule has 590 valence electrons. The third kappa shape index (κ3) is 17.2. The summed E-state index contributed by atoms with van der Waals surface area (Å²) in [5, 5.41) is 80.1. The van der Waals surface area contributed by atoms with E-state index in [1.807, 2.05) is 84.9 Å². The third-order valence-electron chi connectivity index (χ3n) is 19.2. The first-order chi connectivity index (χ1) is 54.6. The molecule has 0 bridgehead atoms. The van der Waals surface area contributed by atoms with Crippen LogP contribution in [0.25, 0.3) is 55.4 Å². The minimum absolute atomic E-state index is 0. The molecule has 15 atom stereocenters. The van der Waals surface area contributed by atoms with Crippen LogP contribution >= 0.6 is 93.6 Å². The van der Waals surface area contributed by atoms with E-state index in [2.05, 4.69) is 40.9 Å². The van der Waals surface area contributed by atoms with Gasteiger partial charge in [0, 0.05) is 18.6 Å². The molecule has 0 spiro atoms. The zero-order valence-corrected chi connectivity index (χ0v) is 65.4. The fourth-order valence-corrected chi connectivity index (χ4v) is 14.6. The maximum atomic E-state index is 13.4. The number of aliphatic hydroxyl groups is 7. The molecular weight excluding hydrogens is 1640 g/mol. The van der Waals surface area contributed by atoms with E-state index in [4.69, 9.17) is 115 Å². The van der Waals surface area contributed by atoms with Crippen molar-refractivity contribution in [3.63, 3.8) is 0 Å². The molecule has 0 radical (unpaired) electrons. The van der Waals surface area contributed by atoms with Gasteiger partial charge in [0.25, 0.3) is 0 Å². The van der Waals surface area contributed by atoms with Gasteiger partial charge >= 0.3 is 11.9 Å². The average molecular weight is 1710 g/mol. The molecular formula is C79H67Cl8N11O16. The van der Waals surface area contributed by atoms with E-state index >= 15 is 0 Å². The molecule has 0 saturated carbocycles. The summed E-state index contributed by atoms with van der Waals surface area (Å²) in [6.07, 6.45) is -9.55. The summed E-state index contributed by atoms with van der Waals surface area (Å²) < 4.78 is 34.9. The lowest BCUT2D eigenvalue weighted by Gasteiger charge is -2.26. The quantitative estimate of drug-likeness (QED) is 0.0206. The molecule has 3 aliphatic rings. The van der Waals surface area contributed by atoms with Crippen LogP contribution in [0.5, 0.6) is 0 Å². The lowest BCUT2D eigenvalue weighted by atomic mass is 9.98. The van der Waals surface area contributed by atoms with Gasteiger partial charge in [-0.1, -0.05) is 184 Å². The summed E-state index contributed by atoms with van der Waals surface area (Å²) in [4.78, 5) is 61.7. The summed E-state index contributed by atoms with van der Waals surface area (Å²) in [7, 11) is 2.91. The maximum Gasteiger partial charge on any atom is 0.338 e. The second-order valence-electron chi connectivity index (χ2n) is 26.0. The molecule has 7 aromatic carbocycles. The van der Waals surface area contributed by atoms with Crippen molar-refractivity contribution in [2.45, 2.75) is 91.9 Å². The Kier molecular flexibility index (Phi) is 26.4. The van der Waals surface area contributed by atoms with Crippen molar-refractivity contribution >= 4 is 150 Å². The monoisotopic (exact) mass is 1710 g/mol. The third-order valence-corrected chi connectivity index (χ3v) is 21.7. The van der Waals surface area contributed by atoms with Crippen molar-refractivity contribution in [2.24, 2.45) is 0 Å². The number of fused-ring (bicyclic) bond motifs is 3. The fourth-order valence-electron chi connectivity index (χ4n) is 13.5. The van der Waals surface area contributed by atoms with Crippen molar-refractivity contribution in [1.29, 1.82) is 0 Å². The number of halogens is 8. The predicted molar refractivity (Wildman–Crippen MR) is 428 cm³/mol. The van der Waals surface area contributed by atoms with Crippen molar-refractivity contribution in [2.75, 3.05) is 25.2 Å². The van der Waals surface area contributed by atoms with E-state index in [0.29, 0.717) is 87.6 Å². The summed E-state index contributed by atoms with van der Waals surface area (Å²) >= 11 is 43.0. The highest BCUT2D eigenvalue weighted by Gasteiger charge is 2.52. The second kappa shape index (κ2) is 36.3. The molecule has 0 aliphatic carbocycles. The number of rotatable bonds is 19. The van der Waals surface area contributed by atoms with Crippen molar-refractivity contribution < 1.29 is 78.7 Å². The molecule has 27 nitrogen and oxygen atoms in total. The number of aromatic nitrogens is 9. The average Bonchev–Trinajstić information content (AvgIpc) is 1.62. The number of carbonyl (C=O) groups is 2. The fraction of sp³-hybridized carbons (Fsp3) is 0.215. The SMILES string of the molecule is CONc1ncnc2c1ccn2[C@@H]1O[C@H]([C@H](O)c2ccc(Cl)c(Cl)c2)[C@@H](O)[C@H]1O.CONc1ncnc2c1ccn2[C@@H]1O[C@H]([C@H](OC(=O)c2ccc(-c3ccccc3)cc2)c2ccc(Cl)c(Cl)c2)[C@@H](O)[C@H]1O.Cl.O=C(O[C@H](c1ccc(Cl)c(Cl)c1)[C@H]1O[C@@H](n2ccc3c(Cl)ncnc32)[C@H](O)[C@@H]1O)c1ccc(-c2ccccc2)cc1. The van der Waals surface area contributed by atoms with Crippen LogP contribution in [-0.2, 0) is 33.4 Å². The highest BCUT2D eigenvalue weighted by molar-refractivity contribution is 6.43. The Labute approximate surface area is 689 Å². The molecule has 13 aromatic rings. The zero-order chi connectivity index (χ0) is 79.5. The standard InChI is InChI=1S/C31H26Cl2N4O6.C30H22Cl3N3O5.C18H18Cl2N4O5.ClH/c1-41-36-28-21-13-14-37(29(21)35-16-34-28)30-25(39)24(38)27(42-30)26(20-11-12-22(32)23(33)15-20)43-31(40)19-9-7-18(8-10-19)17-5-3-2-4-6-17;31-21-11-10-19(14-22(21)32)25(41-30(39)18-8-6-17(7-9-18)16-4-2-1-3-5-16)26-23(37)24(38)29(40-26)36-13-12-20-27(33)34-15-35-28(20)36;1-28-23-16-9-4-5-24(17(9)22-7-21-16)18-14(27)13(26)15(29-18)12(25)8-2-3-10(19)11(20)6-8;/h2-16,24-27,30,38-39H,1H3,(H,34,35,36);1-15,23-26,29,37-38H;2-7,12-15,18,25-27H,1H3,(H,21,22,23);1H/t24-,25+,26+,27-,30+;23-,24+,25+,26-,29+;12-,13+,14-,15-,18-;/m001./s1. The summed E-state index contributed by atoms with van der Waals surface area (Å²) in [6.45, 7) is 0. The van der Waals surface area contributed by atoms with Crippen LogP contribution in [0.2, 0.25) is 35.3 Å². The summed E-state index contributed by atoms with van der Waals surface area (Å²) in [5.41, 5.74) is 12.3. The summed E-state index contributed by atoms with van der Waals surface area (Å²) in [6, 6.07) is 52.6. The van der Waals surface area contributed by atoms with Gasteiger partial charge in [-0.05, 0) is 118 Å². The first kappa shape index (κ1) is 82.8. The Morgan fingerprint density at radius 2 is 0.728 bits per heavy atom. The van der Waals surface area contributed by atoms with Crippen molar-refractivity contribution in [3.05, 3.63) is 283 Å². The maximum absolute atomic E-state index is 13.4. The number of benzene rings is 7. The van der Waals surface area contributed by atoms with Crippen LogP contribution in [0.1, 0.15) is 74.4 Å². The first-order valence-corrected chi connectivity index (χ1v) is 37.2. The van der Waals surface area contributed by atoms with Crippen LogP contribution in [0.4, 0.5) is 11.6 Å². The number of ether oxygens (including phenoxy) is 5. The van der Waals surface area contributed by atoms with E-state index in [-0.39, 0.29) is 32.6 Å². The number of hydrogen-bond donors (Lipinski definition) is 9. The van der Waals surface area contributed by atoms with Crippen molar-refractivity contribution in [1.82, 2.24) is 43.6 Å². The van der Waals surface area contributed by atoms with Crippen LogP contribution in [0.15, 0.2) is 220 Å². The van der Waals surface area contributed by atoms with E-state index in [1.54, 1.807) is 111 Å². The Hall–Kier alpha value is -9.22. The van der Waals surface area contributed by atoms with Gasteiger partial charge in [-0.15, -0.1) is 12.4 Å². The lowest BCUT2D eigenvalue weighted by molar-refractivity contribution is -0.0917.